The van der Waals surface area contributed by atoms with Gasteiger partial charge in [0.05, 0.1) is 5.41 Å². The third kappa shape index (κ3) is 2.80. The van der Waals surface area contributed by atoms with Crippen molar-refractivity contribution in [2.75, 3.05) is 0 Å². The maximum Gasteiger partial charge on any atom is 0.309 e. The van der Waals surface area contributed by atoms with Crippen molar-refractivity contribution < 1.29 is 14.7 Å². The third-order valence-electron chi connectivity index (χ3n) is 13.1. The number of carboxylic acids is 1. The summed E-state index contributed by atoms with van der Waals surface area (Å²) >= 11 is 0. The van der Waals surface area contributed by atoms with Gasteiger partial charge in [0.2, 0.25) is 0 Å². The van der Waals surface area contributed by atoms with Crippen molar-refractivity contribution in [2.45, 2.75) is 113 Å². The molecule has 3 heteroatoms. The van der Waals surface area contributed by atoms with Gasteiger partial charge in [-0.15, -0.1) is 0 Å². The average Bonchev–Trinajstić information content (AvgIpc) is 2.73. The number of fused-ring (bicyclic) bond motifs is 7. The number of hydrogen-bond donors (Lipinski definition) is 1. The Labute approximate surface area is 201 Å². The fourth-order valence-electron chi connectivity index (χ4n) is 10.3. The van der Waals surface area contributed by atoms with Gasteiger partial charge in [-0.3, -0.25) is 9.59 Å². The molecule has 5 aliphatic rings. The molecule has 0 saturated heterocycles. The van der Waals surface area contributed by atoms with E-state index in [1.54, 1.807) is 5.57 Å². The highest BCUT2D eigenvalue weighted by Crippen LogP contribution is 2.75. The molecule has 3 nitrogen and oxygen atoms in total. The first-order chi connectivity index (χ1) is 15.1. The predicted molar refractivity (Wildman–Crippen MR) is 132 cm³/mol. The normalized spacial score (nSPS) is 53.1. The van der Waals surface area contributed by atoms with E-state index in [1.807, 2.05) is 6.92 Å². The molecule has 0 aromatic heterocycles. The molecule has 0 aliphatic heterocycles. The molecule has 5 rings (SSSR count). The summed E-state index contributed by atoms with van der Waals surface area (Å²) in [7, 11) is 0. The van der Waals surface area contributed by atoms with Crippen LogP contribution in [0.25, 0.3) is 0 Å². The second kappa shape index (κ2) is 6.76. The summed E-state index contributed by atoms with van der Waals surface area (Å²) in [5, 5.41) is 10.1. The van der Waals surface area contributed by atoms with Crippen LogP contribution in [0, 0.1) is 50.2 Å². The SMILES string of the molecule is CC1(C)C(=O)CC[C@]2(C)[C@H]3CC=C4[C@@H]5C[C@](C)(C(=O)O)CC[C@]5(C)CC[C@@]4(C)[C@]3(C)CC[C@@H]12. The molecule has 0 unspecified atom stereocenters. The molecule has 0 radical (unpaired) electrons. The first kappa shape index (κ1) is 23.6. The third-order valence-corrected chi connectivity index (χ3v) is 13.1. The average molecular weight is 455 g/mol. The fourth-order valence-corrected chi connectivity index (χ4v) is 10.3. The molecular weight excluding hydrogens is 408 g/mol. The highest BCUT2D eigenvalue weighted by Gasteiger charge is 2.68. The van der Waals surface area contributed by atoms with E-state index in [1.165, 1.54) is 19.3 Å². The molecule has 0 spiro atoms. The molecule has 8 atom stereocenters. The standard InChI is InChI=1S/C30H46O3/c1-25(2)21-10-13-30(7)22(28(21,5)12-11-23(25)31)9-8-19-20-18-27(4,24(32)33)15-14-26(20,3)16-17-29(19,30)6/h8,20-22H,9-18H2,1-7H3,(H,32,33)/t20-,21-,22+,26+,27+,28-,29+,30+/m0/s1. The Morgan fingerprint density at radius 3 is 2.24 bits per heavy atom. The van der Waals surface area contributed by atoms with Crippen molar-refractivity contribution in [3.63, 3.8) is 0 Å². The van der Waals surface area contributed by atoms with Gasteiger partial charge < -0.3 is 5.11 Å². The van der Waals surface area contributed by atoms with Crippen LogP contribution < -0.4 is 0 Å². The topological polar surface area (TPSA) is 54.4 Å². The van der Waals surface area contributed by atoms with Crippen molar-refractivity contribution in [2.24, 2.45) is 50.2 Å². The van der Waals surface area contributed by atoms with Gasteiger partial charge in [0.25, 0.3) is 0 Å². The largest absolute Gasteiger partial charge is 0.481 e. The van der Waals surface area contributed by atoms with Crippen LogP contribution in [0.4, 0.5) is 0 Å². The van der Waals surface area contributed by atoms with Gasteiger partial charge in [0, 0.05) is 11.8 Å². The van der Waals surface area contributed by atoms with Crippen LogP contribution in [-0.2, 0) is 9.59 Å². The van der Waals surface area contributed by atoms with Crippen LogP contribution in [0.1, 0.15) is 113 Å². The summed E-state index contributed by atoms with van der Waals surface area (Å²) < 4.78 is 0. The van der Waals surface area contributed by atoms with E-state index in [-0.39, 0.29) is 27.1 Å². The molecule has 4 saturated carbocycles. The lowest BCUT2D eigenvalue weighted by molar-refractivity contribution is -0.185. The maximum absolute atomic E-state index is 12.9. The minimum Gasteiger partial charge on any atom is -0.481 e. The Balaban J connectivity index is 1.58. The zero-order valence-electron chi connectivity index (χ0n) is 22.1. The number of ketones is 1. The van der Waals surface area contributed by atoms with Crippen molar-refractivity contribution in [1.82, 2.24) is 0 Å². The Bertz CT molecular complexity index is 931. The first-order valence-corrected chi connectivity index (χ1v) is 13.6. The van der Waals surface area contributed by atoms with Gasteiger partial charge in [0.15, 0.2) is 0 Å². The van der Waals surface area contributed by atoms with Crippen molar-refractivity contribution in [1.29, 1.82) is 0 Å². The Kier molecular flexibility index (Phi) is 4.83. The molecule has 0 bridgehead atoms. The van der Waals surface area contributed by atoms with Crippen molar-refractivity contribution in [3.8, 4) is 0 Å². The van der Waals surface area contributed by atoms with E-state index in [0.717, 1.165) is 44.9 Å². The lowest BCUT2D eigenvalue weighted by Crippen LogP contribution is -2.64. The summed E-state index contributed by atoms with van der Waals surface area (Å²) in [5.74, 6) is 1.32. The second-order valence-electron chi connectivity index (χ2n) is 14.7. The molecule has 0 amide bonds. The monoisotopic (exact) mass is 454 g/mol. The maximum atomic E-state index is 12.9. The minimum absolute atomic E-state index is 0.135. The van der Waals surface area contributed by atoms with E-state index in [4.69, 9.17) is 0 Å². The second-order valence-corrected chi connectivity index (χ2v) is 14.7. The van der Waals surface area contributed by atoms with Crippen molar-refractivity contribution in [3.05, 3.63) is 11.6 Å². The molecule has 1 N–H and O–H groups in total. The van der Waals surface area contributed by atoms with Crippen LogP contribution in [0.15, 0.2) is 11.6 Å². The summed E-state index contributed by atoms with van der Waals surface area (Å²) in [6, 6.07) is 0. The van der Waals surface area contributed by atoms with Gasteiger partial charge >= 0.3 is 5.97 Å². The zero-order valence-corrected chi connectivity index (χ0v) is 22.1. The van der Waals surface area contributed by atoms with Crippen LogP contribution in [0.5, 0.6) is 0 Å². The Morgan fingerprint density at radius 2 is 1.58 bits per heavy atom. The number of Topliss-reactive ketones (excluding diaryl/α,β-unsaturated/α-hetero) is 1. The molecule has 0 aromatic rings. The van der Waals surface area contributed by atoms with Crippen LogP contribution >= 0.6 is 0 Å². The summed E-state index contributed by atoms with van der Waals surface area (Å²) in [6.07, 6.45) is 12.9. The van der Waals surface area contributed by atoms with Crippen molar-refractivity contribution >= 4 is 11.8 Å². The van der Waals surface area contributed by atoms with Crippen LogP contribution in [-0.4, -0.2) is 16.9 Å². The quantitative estimate of drug-likeness (QED) is 0.419. The zero-order chi connectivity index (χ0) is 24.2. The van der Waals surface area contributed by atoms with E-state index in [0.29, 0.717) is 23.5 Å². The highest BCUT2D eigenvalue weighted by molar-refractivity contribution is 5.85. The first-order valence-electron chi connectivity index (χ1n) is 13.6. The molecule has 0 aromatic carbocycles. The predicted octanol–water partition coefficient (Wildman–Crippen LogP) is 7.44. The number of carboxylic acid groups (broad SMARTS) is 1. The van der Waals surface area contributed by atoms with E-state index in [2.05, 4.69) is 47.6 Å². The minimum atomic E-state index is -0.612. The van der Waals surface area contributed by atoms with Crippen LogP contribution in [0.2, 0.25) is 0 Å². The Morgan fingerprint density at radius 1 is 0.909 bits per heavy atom. The lowest BCUT2D eigenvalue weighted by Gasteiger charge is -2.70. The molecule has 5 aliphatic carbocycles. The van der Waals surface area contributed by atoms with Gasteiger partial charge in [0.1, 0.15) is 5.78 Å². The highest BCUT2D eigenvalue weighted by atomic mass is 16.4. The lowest BCUT2D eigenvalue weighted by atomic mass is 9.33. The molecule has 0 heterocycles. The summed E-state index contributed by atoms with van der Waals surface area (Å²) in [5.41, 5.74) is 1.60. The van der Waals surface area contributed by atoms with Gasteiger partial charge in [-0.25, -0.2) is 0 Å². The molecular formula is C30H46O3. The van der Waals surface area contributed by atoms with Crippen LogP contribution in [0.3, 0.4) is 0 Å². The number of hydrogen-bond acceptors (Lipinski definition) is 2. The number of aliphatic carboxylic acids is 1. The van der Waals surface area contributed by atoms with Gasteiger partial charge in [-0.2, -0.15) is 0 Å². The Hall–Kier alpha value is -1.12. The number of carbonyl (C=O) groups excluding carboxylic acids is 1. The van der Waals surface area contributed by atoms with E-state index in [9.17, 15) is 14.7 Å². The van der Waals surface area contributed by atoms with E-state index < -0.39 is 11.4 Å². The number of carbonyl (C=O) groups is 2. The van der Waals surface area contributed by atoms with Gasteiger partial charge in [-0.05, 0) is 104 Å². The number of allylic oxidation sites excluding steroid dienone is 2. The van der Waals surface area contributed by atoms with E-state index >= 15 is 0 Å². The smallest absolute Gasteiger partial charge is 0.309 e. The fraction of sp³-hybridized carbons (Fsp3) is 0.867. The number of rotatable bonds is 1. The molecule has 33 heavy (non-hydrogen) atoms. The van der Waals surface area contributed by atoms with Gasteiger partial charge in [-0.1, -0.05) is 53.2 Å². The molecule has 4 fully saturated rings. The summed E-state index contributed by atoms with van der Waals surface area (Å²) in [6.45, 7) is 16.5. The molecule has 184 valence electrons. The summed E-state index contributed by atoms with van der Waals surface area (Å²) in [4.78, 5) is 25.1.